The van der Waals surface area contributed by atoms with Gasteiger partial charge in [0.05, 0.1) is 21.8 Å². The van der Waals surface area contributed by atoms with Crippen LogP contribution in [0, 0.1) is 0 Å². The average Bonchev–Trinajstić information content (AvgIpc) is 2.24. The summed E-state index contributed by atoms with van der Waals surface area (Å²) in [6.45, 7) is 1.94. The second-order valence-electron chi connectivity index (χ2n) is 3.81. The van der Waals surface area contributed by atoms with Crippen molar-refractivity contribution in [3.63, 3.8) is 0 Å². The minimum absolute atomic E-state index is 0.0134. The van der Waals surface area contributed by atoms with Gasteiger partial charge in [-0.1, -0.05) is 18.5 Å². The lowest BCUT2D eigenvalue weighted by molar-refractivity contribution is -0.142. The van der Waals surface area contributed by atoms with Crippen molar-refractivity contribution in [2.75, 3.05) is 11.9 Å². The Morgan fingerprint density at radius 2 is 1.63 bits per heavy atom. The van der Waals surface area contributed by atoms with E-state index in [1.807, 2.05) is 0 Å². The third-order valence-corrected chi connectivity index (χ3v) is 2.68. The van der Waals surface area contributed by atoms with Gasteiger partial charge in [-0.25, -0.2) is 0 Å². The molecule has 1 N–H and O–H groups in total. The molecule has 0 aliphatic rings. The van der Waals surface area contributed by atoms with Gasteiger partial charge in [0.2, 0.25) is 0 Å². The zero-order chi connectivity index (χ0) is 14.8. The summed E-state index contributed by atoms with van der Waals surface area (Å²) in [4.78, 5) is 0. The van der Waals surface area contributed by atoms with Gasteiger partial charge in [0.25, 0.3) is 0 Å². The zero-order valence-corrected chi connectivity index (χ0v) is 10.5. The van der Waals surface area contributed by atoms with E-state index in [9.17, 15) is 26.3 Å². The van der Waals surface area contributed by atoms with Crippen LogP contribution in [0.25, 0.3) is 0 Å². The molecule has 0 saturated carbocycles. The maximum atomic E-state index is 12.6. The molecule has 0 fully saturated rings. The Morgan fingerprint density at radius 3 is 2.05 bits per heavy atom. The largest absolute Gasteiger partial charge is 0.417 e. The third kappa shape index (κ3) is 3.92. The van der Waals surface area contributed by atoms with Gasteiger partial charge >= 0.3 is 12.4 Å². The smallest absolute Gasteiger partial charge is 0.384 e. The highest BCUT2D eigenvalue weighted by Gasteiger charge is 2.39. The molecule has 1 rings (SSSR count). The minimum atomic E-state index is -4.94. The fourth-order valence-corrected chi connectivity index (χ4v) is 1.67. The molecule has 0 radical (unpaired) electrons. The van der Waals surface area contributed by atoms with Gasteiger partial charge in [0.1, 0.15) is 0 Å². The Morgan fingerprint density at radius 1 is 1.05 bits per heavy atom. The fourth-order valence-electron chi connectivity index (χ4n) is 1.38. The molecule has 1 aromatic carbocycles. The summed E-state index contributed by atoms with van der Waals surface area (Å²) >= 11 is 5.50. The highest BCUT2D eigenvalue weighted by Crippen LogP contribution is 2.42. The summed E-state index contributed by atoms with van der Waals surface area (Å²) in [6, 6.07) is 0.590. The quantitative estimate of drug-likeness (QED) is 0.757. The van der Waals surface area contributed by atoms with Crippen LogP contribution in [-0.2, 0) is 12.4 Å². The monoisotopic (exact) mass is 305 g/mol. The lowest BCUT2D eigenvalue weighted by atomic mass is 10.1. The van der Waals surface area contributed by atoms with Gasteiger partial charge in [-0.05, 0) is 18.6 Å². The first kappa shape index (κ1) is 15.9. The van der Waals surface area contributed by atoms with Crippen LogP contribution < -0.4 is 5.32 Å². The first-order valence-electron chi connectivity index (χ1n) is 5.29. The third-order valence-electron chi connectivity index (χ3n) is 2.27. The molecule has 0 saturated heterocycles. The van der Waals surface area contributed by atoms with Gasteiger partial charge in [0, 0.05) is 6.54 Å². The number of alkyl halides is 6. The molecule has 0 heterocycles. The van der Waals surface area contributed by atoms with Crippen molar-refractivity contribution < 1.29 is 26.3 Å². The fraction of sp³-hybridized carbons (Fsp3) is 0.455. The molecule has 108 valence electrons. The van der Waals surface area contributed by atoms with E-state index in [4.69, 9.17) is 11.6 Å². The first-order valence-corrected chi connectivity index (χ1v) is 5.67. The summed E-state index contributed by atoms with van der Waals surface area (Å²) < 4.78 is 75.6. The van der Waals surface area contributed by atoms with E-state index in [0.29, 0.717) is 12.5 Å². The normalized spacial score (nSPS) is 12.6. The van der Waals surface area contributed by atoms with Gasteiger partial charge in [-0.3, -0.25) is 0 Å². The Balaban J connectivity index is 3.39. The summed E-state index contributed by atoms with van der Waals surface area (Å²) in [5.41, 5.74) is -3.25. The molecule has 0 aliphatic heterocycles. The van der Waals surface area contributed by atoms with Crippen LogP contribution >= 0.6 is 11.6 Å². The average molecular weight is 306 g/mol. The highest BCUT2D eigenvalue weighted by molar-refractivity contribution is 6.34. The predicted octanol–water partition coefficient (Wildman–Crippen LogP) is 5.20. The van der Waals surface area contributed by atoms with E-state index in [0.717, 1.165) is 0 Å². The van der Waals surface area contributed by atoms with Gasteiger partial charge in [-0.2, -0.15) is 26.3 Å². The van der Waals surface area contributed by atoms with Crippen LogP contribution in [0.5, 0.6) is 0 Å². The van der Waals surface area contributed by atoms with E-state index in [-0.39, 0.29) is 18.3 Å². The molecular weight excluding hydrogens is 296 g/mol. The second kappa shape index (κ2) is 5.48. The van der Waals surface area contributed by atoms with Crippen molar-refractivity contribution in [1.29, 1.82) is 0 Å². The minimum Gasteiger partial charge on any atom is -0.384 e. The predicted molar refractivity (Wildman–Crippen MR) is 60.2 cm³/mol. The number of benzene rings is 1. The van der Waals surface area contributed by atoms with Gasteiger partial charge < -0.3 is 5.32 Å². The molecule has 1 aromatic rings. The van der Waals surface area contributed by atoms with Crippen molar-refractivity contribution in [3.05, 3.63) is 28.3 Å². The van der Waals surface area contributed by atoms with E-state index in [1.54, 1.807) is 6.92 Å². The van der Waals surface area contributed by atoms with Crippen LogP contribution in [0.4, 0.5) is 32.0 Å². The Hall–Kier alpha value is -1.11. The number of nitrogens with one attached hydrogen (secondary N) is 1. The lowest BCUT2D eigenvalue weighted by Gasteiger charge is -2.17. The van der Waals surface area contributed by atoms with Crippen LogP contribution in [0.1, 0.15) is 24.5 Å². The molecule has 0 amide bonds. The van der Waals surface area contributed by atoms with Crippen LogP contribution in [0.15, 0.2) is 12.1 Å². The molecule has 0 unspecified atom stereocenters. The summed E-state index contributed by atoms with van der Waals surface area (Å²) in [7, 11) is 0. The molecule has 19 heavy (non-hydrogen) atoms. The maximum Gasteiger partial charge on any atom is 0.417 e. The first-order chi connectivity index (χ1) is 8.57. The zero-order valence-electron chi connectivity index (χ0n) is 9.71. The summed E-state index contributed by atoms with van der Waals surface area (Å²) in [5, 5.41) is 1.70. The number of hydrogen-bond donors (Lipinski definition) is 1. The van der Waals surface area contributed by atoms with Crippen molar-refractivity contribution in [2.45, 2.75) is 25.7 Å². The van der Waals surface area contributed by atoms with Crippen LogP contribution in [0.2, 0.25) is 5.02 Å². The molecule has 0 aromatic heterocycles. The van der Waals surface area contributed by atoms with E-state index in [1.165, 1.54) is 0 Å². The lowest BCUT2D eigenvalue weighted by Crippen LogP contribution is -2.13. The summed E-state index contributed by atoms with van der Waals surface area (Å²) in [6.07, 6.45) is -9.28. The Bertz CT molecular complexity index is 452. The molecule has 1 nitrogen and oxygen atoms in total. The topological polar surface area (TPSA) is 12.0 Å². The second-order valence-corrected chi connectivity index (χ2v) is 4.19. The number of anilines is 1. The highest BCUT2D eigenvalue weighted by atomic mass is 35.5. The molecular formula is C11H10ClF6N. The Labute approximate surface area is 110 Å². The number of rotatable bonds is 3. The maximum absolute atomic E-state index is 12.6. The van der Waals surface area contributed by atoms with Crippen molar-refractivity contribution in [2.24, 2.45) is 0 Å². The van der Waals surface area contributed by atoms with Crippen molar-refractivity contribution in [1.82, 2.24) is 0 Å². The van der Waals surface area contributed by atoms with E-state index >= 15 is 0 Å². The molecule has 8 heteroatoms. The number of hydrogen-bond acceptors (Lipinski definition) is 1. The molecule has 0 bridgehead atoms. The standard InChI is InChI=1S/C11H10ClF6N/c1-2-3-19-8-5-6(10(13,14)15)4-7(9(8)12)11(16,17)18/h4-5,19H,2-3H2,1H3. The van der Waals surface area contributed by atoms with Gasteiger partial charge in [-0.15, -0.1) is 0 Å². The van der Waals surface area contributed by atoms with Crippen LogP contribution in [0.3, 0.4) is 0 Å². The molecule has 0 atom stereocenters. The van der Waals surface area contributed by atoms with Crippen molar-refractivity contribution in [3.8, 4) is 0 Å². The Kier molecular flexibility index (Phi) is 4.60. The van der Waals surface area contributed by atoms with Crippen molar-refractivity contribution >= 4 is 17.3 Å². The van der Waals surface area contributed by atoms with E-state index in [2.05, 4.69) is 5.32 Å². The molecule has 0 aliphatic carbocycles. The van der Waals surface area contributed by atoms with Crippen LogP contribution in [-0.4, -0.2) is 6.54 Å². The number of halogens is 7. The SMILES string of the molecule is CCCNc1cc(C(F)(F)F)cc(C(F)(F)F)c1Cl. The molecule has 0 spiro atoms. The van der Waals surface area contributed by atoms with E-state index < -0.39 is 28.5 Å². The van der Waals surface area contributed by atoms with Gasteiger partial charge in [0.15, 0.2) is 0 Å². The summed E-state index contributed by atoms with van der Waals surface area (Å²) in [5.74, 6) is 0.